The van der Waals surface area contributed by atoms with Crippen molar-refractivity contribution in [3.05, 3.63) is 53.7 Å². The molecule has 0 spiro atoms. The molecule has 2 saturated heterocycles. The van der Waals surface area contributed by atoms with Crippen molar-refractivity contribution in [2.45, 2.75) is 45.1 Å². The minimum Gasteiger partial charge on any atom is -0.450 e. The van der Waals surface area contributed by atoms with Crippen LogP contribution in [0.1, 0.15) is 48.7 Å². The number of ether oxygens (including phenoxy) is 1. The van der Waals surface area contributed by atoms with Crippen LogP contribution in [0.5, 0.6) is 0 Å². The van der Waals surface area contributed by atoms with Crippen LogP contribution < -0.4 is 10.2 Å². The summed E-state index contributed by atoms with van der Waals surface area (Å²) in [6.45, 7) is 5.23. The van der Waals surface area contributed by atoms with Crippen LogP contribution in [0.25, 0.3) is 0 Å². The number of carbonyl (C=O) groups excluding carboxylic acids is 2. The first kappa shape index (κ1) is 23.0. The molecule has 176 valence electrons. The Morgan fingerprint density at radius 2 is 1.70 bits per heavy atom. The van der Waals surface area contributed by atoms with Crippen LogP contribution in [0.2, 0.25) is 0 Å². The van der Waals surface area contributed by atoms with E-state index in [1.807, 2.05) is 6.07 Å². The van der Waals surface area contributed by atoms with Crippen molar-refractivity contribution in [2.75, 3.05) is 37.7 Å². The van der Waals surface area contributed by atoms with Gasteiger partial charge in [-0.3, -0.25) is 4.79 Å². The number of amides is 2. The van der Waals surface area contributed by atoms with E-state index in [1.54, 1.807) is 17.9 Å². The van der Waals surface area contributed by atoms with Crippen LogP contribution in [0.15, 0.2) is 42.5 Å². The molecule has 0 saturated carbocycles. The van der Waals surface area contributed by atoms with Crippen molar-refractivity contribution >= 4 is 17.8 Å². The standard InChI is InChI=1S/C25H33N5O3/c1-2-33-25(32)30-16-12-21(13-17-30)26-24(31)22-8-9-23(28-27-22)29-14-10-20(11-15-29)18-19-6-4-3-5-7-19/h3-9,20-21H,2,10-18H2,1H3,(H,26,31). The molecule has 0 unspecified atom stereocenters. The second-order valence-electron chi connectivity index (χ2n) is 8.83. The van der Waals surface area contributed by atoms with Crippen molar-refractivity contribution < 1.29 is 14.3 Å². The summed E-state index contributed by atoms with van der Waals surface area (Å²) in [5.74, 6) is 1.30. The third-order valence-corrected chi connectivity index (χ3v) is 6.55. The fourth-order valence-corrected chi connectivity index (χ4v) is 4.61. The number of nitrogens with one attached hydrogen (secondary N) is 1. The highest BCUT2D eigenvalue weighted by Crippen LogP contribution is 2.24. The van der Waals surface area contributed by atoms with E-state index in [0.29, 0.717) is 44.1 Å². The lowest BCUT2D eigenvalue weighted by Crippen LogP contribution is -2.46. The summed E-state index contributed by atoms with van der Waals surface area (Å²) in [5.41, 5.74) is 1.73. The average Bonchev–Trinajstić information content (AvgIpc) is 2.86. The molecule has 2 aliphatic rings. The van der Waals surface area contributed by atoms with Gasteiger partial charge in [0.1, 0.15) is 0 Å². The molecule has 4 rings (SSSR count). The zero-order chi connectivity index (χ0) is 23.0. The Labute approximate surface area is 195 Å². The van der Waals surface area contributed by atoms with E-state index in [-0.39, 0.29) is 18.0 Å². The van der Waals surface area contributed by atoms with E-state index in [9.17, 15) is 9.59 Å². The topological polar surface area (TPSA) is 87.7 Å². The number of nitrogens with zero attached hydrogens (tertiary/aromatic N) is 4. The third-order valence-electron chi connectivity index (χ3n) is 6.55. The van der Waals surface area contributed by atoms with Crippen molar-refractivity contribution in [1.29, 1.82) is 0 Å². The third kappa shape index (κ3) is 6.21. The molecular weight excluding hydrogens is 418 g/mol. The number of hydrogen-bond donors (Lipinski definition) is 1. The van der Waals surface area contributed by atoms with Gasteiger partial charge in [-0.25, -0.2) is 4.79 Å². The van der Waals surface area contributed by atoms with E-state index < -0.39 is 0 Å². The minimum atomic E-state index is -0.284. The summed E-state index contributed by atoms with van der Waals surface area (Å²) in [7, 11) is 0. The van der Waals surface area contributed by atoms with E-state index >= 15 is 0 Å². The van der Waals surface area contributed by atoms with Gasteiger partial charge in [-0.05, 0) is 62.6 Å². The molecule has 2 amide bonds. The minimum absolute atomic E-state index is 0.0216. The van der Waals surface area contributed by atoms with Gasteiger partial charge in [0.25, 0.3) is 5.91 Å². The molecule has 3 heterocycles. The summed E-state index contributed by atoms with van der Waals surface area (Å²) < 4.78 is 5.04. The summed E-state index contributed by atoms with van der Waals surface area (Å²) >= 11 is 0. The first-order valence-electron chi connectivity index (χ1n) is 12.0. The zero-order valence-electron chi connectivity index (χ0n) is 19.3. The van der Waals surface area contributed by atoms with Gasteiger partial charge in [0, 0.05) is 32.2 Å². The predicted molar refractivity (Wildman–Crippen MR) is 126 cm³/mol. The molecule has 8 nitrogen and oxygen atoms in total. The molecule has 2 aromatic rings. The van der Waals surface area contributed by atoms with Gasteiger partial charge in [0.15, 0.2) is 11.5 Å². The number of aromatic nitrogens is 2. The number of piperidine rings is 2. The Balaban J connectivity index is 1.22. The molecule has 1 aromatic carbocycles. The molecule has 2 fully saturated rings. The van der Waals surface area contributed by atoms with Crippen LogP contribution in [0.4, 0.5) is 10.6 Å². The van der Waals surface area contributed by atoms with Crippen LogP contribution in [-0.4, -0.2) is 65.9 Å². The molecule has 0 bridgehead atoms. The van der Waals surface area contributed by atoms with E-state index in [1.165, 1.54) is 5.56 Å². The fraction of sp³-hybridized carbons (Fsp3) is 0.520. The molecule has 8 heteroatoms. The highest BCUT2D eigenvalue weighted by molar-refractivity contribution is 5.92. The summed E-state index contributed by atoms with van der Waals surface area (Å²) in [5, 5.41) is 11.5. The lowest BCUT2D eigenvalue weighted by molar-refractivity contribution is 0.0856. The maximum absolute atomic E-state index is 12.6. The molecule has 0 radical (unpaired) electrons. The number of likely N-dealkylation sites (tertiary alicyclic amines) is 1. The SMILES string of the molecule is CCOC(=O)N1CCC(NC(=O)c2ccc(N3CCC(Cc4ccccc4)CC3)nn2)CC1. The fourth-order valence-electron chi connectivity index (χ4n) is 4.61. The Morgan fingerprint density at radius 3 is 2.33 bits per heavy atom. The molecule has 0 aliphatic carbocycles. The van der Waals surface area contributed by atoms with Gasteiger partial charge in [0.05, 0.1) is 6.61 Å². The van der Waals surface area contributed by atoms with Crippen molar-refractivity contribution in [3.63, 3.8) is 0 Å². The molecule has 33 heavy (non-hydrogen) atoms. The summed E-state index contributed by atoms with van der Waals surface area (Å²) in [6, 6.07) is 14.3. The van der Waals surface area contributed by atoms with Crippen LogP contribution in [0, 0.1) is 5.92 Å². The van der Waals surface area contributed by atoms with Crippen molar-refractivity contribution in [1.82, 2.24) is 20.4 Å². The second-order valence-corrected chi connectivity index (χ2v) is 8.83. The Kier molecular flexibility index (Phi) is 7.75. The van der Waals surface area contributed by atoms with Crippen LogP contribution in [0.3, 0.4) is 0 Å². The zero-order valence-corrected chi connectivity index (χ0v) is 19.3. The first-order chi connectivity index (χ1) is 16.1. The second kappa shape index (κ2) is 11.1. The smallest absolute Gasteiger partial charge is 0.409 e. The van der Waals surface area contributed by atoms with Gasteiger partial charge in [-0.15, -0.1) is 10.2 Å². The summed E-state index contributed by atoms with van der Waals surface area (Å²) in [6.07, 6.45) is 4.50. The lowest BCUT2D eigenvalue weighted by Gasteiger charge is -2.32. The van der Waals surface area contributed by atoms with Crippen LogP contribution >= 0.6 is 0 Å². The first-order valence-corrected chi connectivity index (χ1v) is 12.0. The Morgan fingerprint density at radius 1 is 0.970 bits per heavy atom. The largest absolute Gasteiger partial charge is 0.450 e. The molecule has 1 aromatic heterocycles. The molecular formula is C25H33N5O3. The van der Waals surface area contributed by atoms with Gasteiger partial charge in [-0.2, -0.15) is 0 Å². The number of anilines is 1. The quantitative estimate of drug-likeness (QED) is 0.725. The van der Waals surface area contributed by atoms with Crippen molar-refractivity contribution in [3.8, 4) is 0 Å². The lowest BCUT2D eigenvalue weighted by atomic mass is 9.90. The highest BCUT2D eigenvalue weighted by Gasteiger charge is 2.26. The summed E-state index contributed by atoms with van der Waals surface area (Å²) in [4.78, 5) is 28.3. The van der Waals surface area contributed by atoms with Gasteiger partial charge >= 0.3 is 6.09 Å². The number of carbonyl (C=O) groups is 2. The molecule has 2 aliphatic heterocycles. The van der Waals surface area contributed by atoms with Gasteiger partial charge in [0.2, 0.25) is 0 Å². The van der Waals surface area contributed by atoms with Crippen LogP contribution in [-0.2, 0) is 11.2 Å². The van der Waals surface area contributed by atoms with E-state index in [0.717, 1.165) is 38.2 Å². The normalized spacial score (nSPS) is 17.6. The Bertz CT molecular complexity index is 905. The van der Waals surface area contributed by atoms with E-state index in [2.05, 4.69) is 50.7 Å². The maximum atomic E-state index is 12.6. The number of rotatable bonds is 6. The monoisotopic (exact) mass is 451 g/mol. The molecule has 0 atom stereocenters. The predicted octanol–water partition coefficient (Wildman–Crippen LogP) is 3.29. The van der Waals surface area contributed by atoms with Gasteiger partial charge in [-0.1, -0.05) is 30.3 Å². The Hall–Kier alpha value is -3.16. The maximum Gasteiger partial charge on any atom is 0.409 e. The number of benzene rings is 1. The average molecular weight is 452 g/mol. The molecule has 1 N–H and O–H groups in total. The van der Waals surface area contributed by atoms with Gasteiger partial charge < -0.3 is 19.9 Å². The van der Waals surface area contributed by atoms with Crippen molar-refractivity contribution in [2.24, 2.45) is 5.92 Å². The number of hydrogen-bond acceptors (Lipinski definition) is 6. The van der Waals surface area contributed by atoms with E-state index in [4.69, 9.17) is 4.74 Å². The highest BCUT2D eigenvalue weighted by atomic mass is 16.6.